The van der Waals surface area contributed by atoms with Crippen molar-refractivity contribution in [1.82, 2.24) is 15.1 Å². The number of rotatable bonds is 2. The molecule has 1 aromatic rings. The molecule has 0 bridgehead atoms. The first-order chi connectivity index (χ1) is 10.3. The molecule has 4 heteroatoms. The largest absolute Gasteiger partial charge is 0.333 e. The van der Waals surface area contributed by atoms with Gasteiger partial charge in [-0.05, 0) is 32.0 Å². The lowest BCUT2D eigenvalue weighted by Gasteiger charge is -2.42. The van der Waals surface area contributed by atoms with Crippen LogP contribution in [-0.2, 0) is 4.79 Å². The number of hydrogen-bond donors (Lipinski definition) is 1. The highest BCUT2D eigenvalue weighted by Crippen LogP contribution is 2.27. The van der Waals surface area contributed by atoms with Crippen LogP contribution in [0.4, 0.5) is 0 Å². The van der Waals surface area contributed by atoms with E-state index in [9.17, 15) is 4.79 Å². The number of piperazine rings is 1. The molecule has 0 saturated carbocycles. The SMILES string of the molecule is CN1CCN(C(=O)[C@@H]2CCCNC2)C(c2ccccc2)C1. The van der Waals surface area contributed by atoms with Crippen LogP contribution in [-0.4, -0.2) is 55.5 Å². The lowest BCUT2D eigenvalue weighted by atomic mass is 9.95. The smallest absolute Gasteiger partial charge is 0.227 e. The molecule has 2 saturated heterocycles. The summed E-state index contributed by atoms with van der Waals surface area (Å²) in [4.78, 5) is 17.3. The Kier molecular flexibility index (Phi) is 4.56. The van der Waals surface area contributed by atoms with Crippen LogP contribution in [0, 0.1) is 5.92 Å². The number of carbonyl (C=O) groups excluding carboxylic acids is 1. The van der Waals surface area contributed by atoms with Crippen LogP contribution < -0.4 is 5.32 Å². The Labute approximate surface area is 127 Å². The van der Waals surface area contributed by atoms with Crippen molar-refractivity contribution in [3.8, 4) is 0 Å². The van der Waals surface area contributed by atoms with E-state index in [1.54, 1.807) is 0 Å². The van der Waals surface area contributed by atoms with Crippen LogP contribution in [0.1, 0.15) is 24.4 Å². The van der Waals surface area contributed by atoms with Gasteiger partial charge in [-0.15, -0.1) is 0 Å². The molecule has 3 rings (SSSR count). The molecule has 0 radical (unpaired) electrons. The van der Waals surface area contributed by atoms with Gasteiger partial charge in [0, 0.05) is 26.2 Å². The molecular weight excluding hydrogens is 262 g/mol. The highest BCUT2D eigenvalue weighted by atomic mass is 16.2. The lowest BCUT2D eigenvalue weighted by molar-refractivity contribution is -0.141. The first-order valence-electron chi connectivity index (χ1n) is 8.00. The Morgan fingerprint density at radius 3 is 2.76 bits per heavy atom. The van der Waals surface area contributed by atoms with Crippen molar-refractivity contribution in [3.05, 3.63) is 35.9 Å². The fourth-order valence-electron chi connectivity index (χ4n) is 3.44. The number of likely N-dealkylation sites (N-methyl/N-ethyl adjacent to an activating group) is 1. The van der Waals surface area contributed by atoms with Crippen LogP contribution >= 0.6 is 0 Å². The summed E-state index contributed by atoms with van der Waals surface area (Å²) >= 11 is 0. The van der Waals surface area contributed by atoms with Gasteiger partial charge >= 0.3 is 0 Å². The molecular formula is C17H25N3O. The highest BCUT2D eigenvalue weighted by Gasteiger charge is 2.34. The normalized spacial score (nSPS) is 27.6. The van der Waals surface area contributed by atoms with E-state index >= 15 is 0 Å². The standard InChI is InChI=1S/C17H25N3O/c1-19-10-11-20(17(21)15-8-5-9-18-12-15)16(13-19)14-6-3-2-4-7-14/h2-4,6-7,15-16,18H,5,8-13H2,1H3/t15-,16?/m1/s1. The summed E-state index contributed by atoms with van der Waals surface area (Å²) in [7, 11) is 2.14. The zero-order valence-electron chi connectivity index (χ0n) is 12.8. The number of hydrogen-bond acceptors (Lipinski definition) is 3. The van der Waals surface area contributed by atoms with Crippen molar-refractivity contribution in [2.24, 2.45) is 5.92 Å². The molecule has 0 aromatic heterocycles. The van der Waals surface area contributed by atoms with Gasteiger partial charge in [-0.25, -0.2) is 0 Å². The van der Waals surface area contributed by atoms with Crippen LogP contribution in [0.3, 0.4) is 0 Å². The minimum Gasteiger partial charge on any atom is -0.333 e. The predicted molar refractivity (Wildman–Crippen MR) is 84.0 cm³/mol. The van der Waals surface area contributed by atoms with Crippen molar-refractivity contribution < 1.29 is 4.79 Å². The third kappa shape index (κ3) is 3.27. The average Bonchev–Trinajstić information content (AvgIpc) is 2.56. The summed E-state index contributed by atoms with van der Waals surface area (Å²) in [6.07, 6.45) is 2.14. The molecule has 0 aliphatic carbocycles. The van der Waals surface area contributed by atoms with Crippen LogP contribution in [0.15, 0.2) is 30.3 Å². The number of nitrogens with zero attached hydrogens (tertiary/aromatic N) is 2. The Bertz CT molecular complexity index is 470. The van der Waals surface area contributed by atoms with E-state index in [4.69, 9.17) is 0 Å². The van der Waals surface area contributed by atoms with Crippen molar-refractivity contribution in [3.63, 3.8) is 0 Å². The Hall–Kier alpha value is -1.39. The lowest BCUT2D eigenvalue weighted by Crippen LogP contribution is -2.52. The molecule has 2 atom stereocenters. The zero-order valence-corrected chi connectivity index (χ0v) is 12.8. The second-order valence-electron chi connectivity index (χ2n) is 6.26. The molecule has 2 fully saturated rings. The summed E-state index contributed by atoms with van der Waals surface area (Å²) < 4.78 is 0. The van der Waals surface area contributed by atoms with E-state index in [-0.39, 0.29) is 12.0 Å². The highest BCUT2D eigenvalue weighted by molar-refractivity contribution is 5.80. The zero-order chi connectivity index (χ0) is 14.7. The Balaban J connectivity index is 1.79. The van der Waals surface area contributed by atoms with Gasteiger partial charge in [0.25, 0.3) is 0 Å². The number of amides is 1. The van der Waals surface area contributed by atoms with Gasteiger partial charge in [-0.2, -0.15) is 0 Å². The van der Waals surface area contributed by atoms with Gasteiger partial charge in [0.1, 0.15) is 0 Å². The van der Waals surface area contributed by atoms with Crippen LogP contribution in [0.5, 0.6) is 0 Å². The second-order valence-corrected chi connectivity index (χ2v) is 6.26. The van der Waals surface area contributed by atoms with Gasteiger partial charge in [-0.3, -0.25) is 4.79 Å². The van der Waals surface area contributed by atoms with E-state index < -0.39 is 0 Å². The van der Waals surface area contributed by atoms with Crippen LogP contribution in [0.2, 0.25) is 0 Å². The minimum atomic E-state index is 0.161. The molecule has 114 valence electrons. The quantitative estimate of drug-likeness (QED) is 0.895. The van der Waals surface area contributed by atoms with Gasteiger partial charge in [0.15, 0.2) is 0 Å². The Morgan fingerprint density at radius 1 is 1.24 bits per heavy atom. The summed E-state index contributed by atoms with van der Waals surface area (Å²) in [6.45, 7) is 4.62. The monoisotopic (exact) mass is 287 g/mol. The molecule has 1 amide bonds. The number of benzene rings is 1. The Morgan fingerprint density at radius 2 is 2.05 bits per heavy atom. The molecule has 1 N–H and O–H groups in total. The topological polar surface area (TPSA) is 35.6 Å². The van der Waals surface area contributed by atoms with E-state index in [2.05, 4.69) is 46.4 Å². The second kappa shape index (κ2) is 6.58. The molecule has 1 unspecified atom stereocenters. The summed E-state index contributed by atoms with van der Waals surface area (Å²) in [5, 5.41) is 3.36. The third-order valence-electron chi connectivity index (χ3n) is 4.70. The fourth-order valence-corrected chi connectivity index (χ4v) is 3.44. The van der Waals surface area contributed by atoms with Crippen molar-refractivity contribution in [1.29, 1.82) is 0 Å². The average molecular weight is 287 g/mol. The molecule has 0 spiro atoms. The predicted octanol–water partition coefficient (Wildman–Crippen LogP) is 1.50. The maximum atomic E-state index is 12.9. The molecule has 21 heavy (non-hydrogen) atoms. The number of carbonyl (C=O) groups is 1. The maximum absolute atomic E-state index is 12.9. The van der Waals surface area contributed by atoms with Crippen LogP contribution in [0.25, 0.3) is 0 Å². The molecule has 1 aromatic carbocycles. The summed E-state index contributed by atoms with van der Waals surface area (Å²) in [5.74, 6) is 0.498. The van der Waals surface area contributed by atoms with E-state index in [0.29, 0.717) is 5.91 Å². The summed E-state index contributed by atoms with van der Waals surface area (Å²) in [6, 6.07) is 10.6. The first-order valence-corrected chi connectivity index (χ1v) is 8.00. The van der Waals surface area contributed by atoms with E-state index in [1.807, 2.05) is 6.07 Å². The van der Waals surface area contributed by atoms with Gasteiger partial charge in [0.2, 0.25) is 5.91 Å². The van der Waals surface area contributed by atoms with Crippen molar-refractivity contribution in [2.75, 3.05) is 39.8 Å². The van der Waals surface area contributed by atoms with Gasteiger partial charge in [0.05, 0.1) is 12.0 Å². The fraction of sp³-hybridized carbons (Fsp3) is 0.588. The number of nitrogens with one attached hydrogen (secondary N) is 1. The first kappa shape index (κ1) is 14.5. The van der Waals surface area contributed by atoms with E-state index in [0.717, 1.165) is 45.6 Å². The molecule has 2 heterocycles. The van der Waals surface area contributed by atoms with E-state index in [1.165, 1.54) is 5.56 Å². The van der Waals surface area contributed by atoms with Gasteiger partial charge in [-0.1, -0.05) is 30.3 Å². The molecule has 2 aliphatic heterocycles. The van der Waals surface area contributed by atoms with Crippen molar-refractivity contribution >= 4 is 5.91 Å². The minimum absolute atomic E-state index is 0.161. The molecule has 2 aliphatic rings. The number of piperidine rings is 1. The molecule has 4 nitrogen and oxygen atoms in total. The maximum Gasteiger partial charge on any atom is 0.227 e. The summed E-state index contributed by atoms with van der Waals surface area (Å²) in [5.41, 5.74) is 1.25. The third-order valence-corrected chi connectivity index (χ3v) is 4.70. The van der Waals surface area contributed by atoms with Gasteiger partial charge < -0.3 is 15.1 Å². The van der Waals surface area contributed by atoms with Crippen molar-refractivity contribution in [2.45, 2.75) is 18.9 Å².